The molecule has 0 aromatic heterocycles. The number of anilines is 1. The fraction of sp³-hybridized carbons (Fsp3) is 0.579. The van der Waals surface area contributed by atoms with E-state index in [1.807, 2.05) is 38.1 Å². The van der Waals surface area contributed by atoms with Gasteiger partial charge in [-0.15, -0.1) is 0 Å². The fourth-order valence-corrected chi connectivity index (χ4v) is 3.87. The van der Waals surface area contributed by atoms with Gasteiger partial charge in [0.25, 0.3) is 5.91 Å². The van der Waals surface area contributed by atoms with Crippen LogP contribution in [0.15, 0.2) is 24.3 Å². The van der Waals surface area contributed by atoms with Crippen LogP contribution in [0.5, 0.6) is 5.75 Å². The first-order valence-electron chi connectivity index (χ1n) is 9.30. The first kappa shape index (κ1) is 17.7. The van der Waals surface area contributed by atoms with Crippen molar-refractivity contribution in [3.05, 3.63) is 24.3 Å². The highest BCUT2D eigenvalue weighted by Crippen LogP contribution is 2.18. The van der Waals surface area contributed by atoms with Gasteiger partial charge < -0.3 is 15.0 Å². The van der Waals surface area contributed by atoms with Gasteiger partial charge in [0.2, 0.25) is 5.91 Å². The molecule has 2 fully saturated rings. The highest BCUT2D eigenvalue weighted by Gasteiger charge is 2.45. The minimum absolute atomic E-state index is 0.0142. The van der Waals surface area contributed by atoms with E-state index in [1.165, 1.54) is 9.80 Å². The van der Waals surface area contributed by atoms with Crippen LogP contribution in [-0.2, 0) is 9.59 Å². The smallest absolute Gasteiger partial charge is 0.287 e. The number of imide groups is 1. The van der Waals surface area contributed by atoms with Gasteiger partial charge in [0, 0.05) is 31.1 Å². The molecule has 0 aliphatic carbocycles. The molecule has 0 radical (unpaired) electrons. The third kappa shape index (κ3) is 3.95. The van der Waals surface area contributed by atoms with Crippen molar-refractivity contribution in [2.75, 3.05) is 31.6 Å². The number of piperidine rings is 1. The fourth-order valence-electron chi connectivity index (χ4n) is 3.87. The van der Waals surface area contributed by atoms with E-state index in [4.69, 9.17) is 4.74 Å². The Kier molecular flexibility index (Phi) is 5.58. The number of carbonyl (C=O) groups excluding carboxylic acids is 2. The van der Waals surface area contributed by atoms with Gasteiger partial charge in [-0.3, -0.25) is 14.5 Å². The first-order chi connectivity index (χ1) is 12.1. The van der Waals surface area contributed by atoms with Gasteiger partial charge in [-0.1, -0.05) is 0 Å². The van der Waals surface area contributed by atoms with Crippen molar-refractivity contribution in [2.24, 2.45) is 0 Å². The lowest BCUT2D eigenvalue weighted by molar-refractivity contribution is -0.919. The molecule has 0 unspecified atom stereocenters. The maximum Gasteiger partial charge on any atom is 0.287 e. The van der Waals surface area contributed by atoms with Crippen LogP contribution in [0.3, 0.4) is 0 Å². The van der Waals surface area contributed by atoms with E-state index in [9.17, 15) is 9.59 Å². The lowest BCUT2D eigenvalue weighted by Crippen LogP contribution is -3.17. The van der Waals surface area contributed by atoms with E-state index in [0.29, 0.717) is 25.6 Å². The molecule has 2 aliphatic rings. The summed E-state index contributed by atoms with van der Waals surface area (Å²) in [5, 5.41) is 3.57. The third-order valence-electron chi connectivity index (χ3n) is 5.22. The number of nitrogens with one attached hydrogen (secondary N) is 2. The van der Waals surface area contributed by atoms with E-state index >= 15 is 0 Å². The molecule has 6 heteroatoms. The minimum Gasteiger partial charge on any atom is -0.494 e. The molecule has 6 nitrogen and oxygen atoms in total. The quantitative estimate of drug-likeness (QED) is 0.744. The lowest BCUT2D eigenvalue weighted by atomic mass is 10.0. The zero-order valence-electron chi connectivity index (χ0n) is 15.1. The van der Waals surface area contributed by atoms with Crippen molar-refractivity contribution >= 4 is 17.5 Å². The van der Waals surface area contributed by atoms with Crippen LogP contribution >= 0.6 is 0 Å². The van der Waals surface area contributed by atoms with Gasteiger partial charge in [0.15, 0.2) is 6.04 Å². The Morgan fingerprint density at radius 3 is 2.40 bits per heavy atom. The summed E-state index contributed by atoms with van der Waals surface area (Å²) in [6, 6.07) is 8.29. The molecule has 1 aromatic rings. The van der Waals surface area contributed by atoms with E-state index in [-0.39, 0.29) is 17.9 Å². The molecule has 2 heterocycles. The zero-order chi connectivity index (χ0) is 17.8. The molecule has 25 heavy (non-hydrogen) atoms. The molecule has 1 atom stereocenters. The monoisotopic (exact) mass is 346 g/mol. The Labute approximate surface area is 149 Å². The summed E-state index contributed by atoms with van der Waals surface area (Å²) in [5.41, 5.74) is 1.10. The number of quaternary nitrogens is 1. The molecule has 2 amide bonds. The lowest BCUT2D eigenvalue weighted by Gasteiger charge is -2.32. The molecule has 1 aromatic carbocycles. The summed E-state index contributed by atoms with van der Waals surface area (Å²) in [4.78, 5) is 26.9. The Bertz CT molecular complexity index is 609. The molecular formula is C19H28N3O3+. The van der Waals surface area contributed by atoms with Crippen molar-refractivity contribution < 1.29 is 19.2 Å². The second-order valence-corrected chi connectivity index (χ2v) is 6.77. The zero-order valence-corrected chi connectivity index (χ0v) is 15.1. The number of hydrogen-bond acceptors (Lipinski definition) is 4. The summed E-state index contributed by atoms with van der Waals surface area (Å²) in [5.74, 6) is 0.886. The van der Waals surface area contributed by atoms with E-state index < -0.39 is 0 Å². The Balaban J connectivity index is 1.50. The highest BCUT2D eigenvalue weighted by atomic mass is 16.5. The van der Waals surface area contributed by atoms with Crippen molar-refractivity contribution in [2.45, 2.75) is 45.2 Å². The molecule has 2 N–H and O–H groups in total. The summed E-state index contributed by atoms with van der Waals surface area (Å²) < 4.78 is 5.46. The molecule has 0 spiro atoms. The van der Waals surface area contributed by atoms with Crippen LogP contribution in [0.2, 0.25) is 0 Å². The number of hydrogen-bond donors (Lipinski definition) is 2. The number of ether oxygens (including phenoxy) is 1. The van der Waals surface area contributed by atoms with E-state index in [0.717, 1.165) is 37.4 Å². The van der Waals surface area contributed by atoms with Gasteiger partial charge in [0.1, 0.15) is 5.75 Å². The van der Waals surface area contributed by atoms with Gasteiger partial charge >= 0.3 is 0 Å². The second kappa shape index (κ2) is 7.87. The maximum absolute atomic E-state index is 12.4. The molecule has 0 bridgehead atoms. The van der Waals surface area contributed by atoms with Gasteiger partial charge in [-0.05, 0) is 38.1 Å². The Morgan fingerprint density at radius 2 is 1.84 bits per heavy atom. The number of rotatable bonds is 6. The third-order valence-corrected chi connectivity index (χ3v) is 5.22. The van der Waals surface area contributed by atoms with Crippen molar-refractivity contribution in [1.29, 1.82) is 0 Å². The van der Waals surface area contributed by atoms with Gasteiger partial charge in [-0.25, -0.2) is 0 Å². The molecule has 136 valence electrons. The minimum atomic E-state index is -0.168. The van der Waals surface area contributed by atoms with Gasteiger partial charge in [-0.2, -0.15) is 0 Å². The predicted molar refractivity (Wildman–Crippen MR) is 95.8 cm³/mol. The second-order valence-electron chi connectivity index (χ2n) is 6.77. The molecule has 3 rings (SSSR count). The number of amides is 2. The first-order valence-corrected chi connectivity index (χ1v) is 9.30. The Hall–Kier alpha value is -2.08. The van der Waals surface area contributed by atoms with Crippen LogP contribution < -0.4 is 15.0 Å². The number of nitrogens with zero attached hydrogens (tertiary/aromatic N) is 1. The topological polar surface area (TPSA) is 63.1 Å². The molecule has 2 aliphatic heterocycles. The van der Waals surface area contributed by atoms with Crippen molar-refractivity contribution in [3.63, 3.8) is 0 Å². The van der Waals surface area contributed by atoms with Crippen LogP contribution in [0.4, 0.5) is 5.69 Å². The number of benzene rings is 1. The summed E-state index contributed by atoms with van der Waals surface area (Å²) in [6.45, 7) is 6.85. The van der Waals surface area contributed by atoms with Crippen LogP contribution in [0.25, 0.3) is 0 Å². The van der Waals surface area contributed by atoms with E-state index in [1.54, 1.807) is 0 Å². The van der Waals surface area contributed by atoms with Crippen LogP contribution in [0.1, 0.15) is 33.1 Å². The molecular weight excluding hydrogens is 318 g/mol. The molecule has 0 saturated carbocycles. The molecule has 2 saturated heterocycles. The number of likely N-dealkylation sites (tertiary alicyclic amines) is 2. The average molecular weight is 346 g/mol. The number of likely N-dealkylation sites (N-methyl/N-ethyl adjacent to an activating group) is 1. The van der Waals surface area contributed by atoms with Crippen molar-refractivity contribution in [3.8, 4) is 5.75 Å². The summed E-state index contributed by atoms with van der Waals surface area (Å²) in [7, 11) is 0. The SMILES string of the molecule is CCOc1ccc(NC2CC[NH+]([C@H]3CC(=O)N(CC)C3=O)CC2)cc1. The van der Waals surface area contributed by atoms with E-state index in [2.05, 4.69) is 5.32 Å². The summed E-state index contributed by atoms with van der Waals surface area (Å²) in [6.07, 6.45) is 2.39. The van der Waals surface area contributed by atoms with Gasteiger partial charge in [0.05, 0.1) is 26.1 Å². The number of carbonyl (C=O) groups is 2. The Morgan fingerprint density at radius 1 is 1.16 bits per heavy atom. The van der Waals surface area contributed by atoms with Crippen LogP contribution in [0, 0.1) is 0 Å². The maximum atomic E-state index is 12.4. The predicted octanol–water partition coefficient (Wildman–Crippen LogP) is 0.692. The standard InChI is InChI=1S/C19H27N3O3/c1-3-22-18(23)13-17(19(22)24)21-11-9-15(10-12-21)20-14-5-7-16(8-6-14)25-4-2/h5-8,15,17,20H,3-4,9-13H2,1-2H3/p+1/t17-/m0/s1. The highest BCUT2D eigenvalue weighted by molar-refractivity contribution is 6.04. The normalized spacial score (nSPS) is 26.8. The van der Waals surface area contributed by atoms with Crippen molar-refractivity contribution in [1.82, 2.24) is 4.90 Å². The largest absolute Gasteiger partial charge is 0.494 e. The summed E-state index contributed by atoms with van der Waals surface area (Å²) >= 11 is 0. The van der Waals surface area contributed by atoms with Crippen LogP contribution in [-0.4, -0.2) is 55.0 Å². The average Bonchev–Trinajstić information content (AvgIpc) is 2.91.